The molecule has 1 heterocycles. The summed E-state index contributed by atoms with van der Waals surface area (Å²) in [4.78, 5) is 36.7. The van der Waals surface area contributed by atoms with Crippen molar-refractivity contribution in [2.45, 2.75) is 50.6 Å². The van der Waals surface area contributed by atoms with Gasteiger partial charge >= 0.3 is 11.9 Å². The molecule has 0 fully saturated rings. The van der Waals surface area contributed by atoms with Gasteiger partial charge in [0.1, 0.15) is 9.88 Å². The number of nitrogens with one attached hydrogen (secondary N) is 1. The largest absolute Gasteiger partial charge is 0.459 e. The predicted octanol–water partition coefficient (Wildman–Crippen LogP) is 4.50. The molecule has 1 N–H and O–H groups in total. The normalized spacial score (nSPS) is 11.6. The number of rotatable bonds is 5. The van der Waals surface area contributed by atoms with Crippen LogP contribution in [0.5, 0.6) is 0 Å². The van der Waals surface area contributed by atoms with Crippen LogP contribution in [-0.2, 0) is 14.3 Å². The van der Waals surface area contributed by atoms with E-state index in [9.17, 15) is 14.4 Å². The standard InChI is InChI=1S/C15H18Cl3NO5S/c1-6(2)23-12(20)9-8(5)10(13(21)24-7(3)4)25-11(9)19-14(22)15(16,17)18/h6-7H,1-5H3,(H,19,22). The van der Waals surface area contributed by atoms with Crippen molar-refractivity contribution in [2.24, 2.45) is 0 Å². The summed E-state index contributed by atoms with van der Waals surface area (Å²) in [5, 5.41) is 2.40. The molecule has 1 amide bonds. The highest BCUT2D eigenvalue weighted by Crippen LogP contribution is 2.36. The maximum Gasteiger partial charge on any atom is 0.348 e. The van der Waals surface area contributed by atoms with E-state index in [2.05, 4.69) is 5.32 Å². The zero-order valence-electron chi connectivity index (χ0n) is 14.2. The number of carbonyl (C=O) groups is 3. The molecule has 10 heteroatoms. The van der Waals surface area contributed by atoms with Gasteiger partial charge in [-0.25, -0.2) is 9.59 Å². The fourth-order valence-corrected chi connectivity index (χ4v) is 2.97. The SMILES string of the molecule is Cc1c(C(=O)OC(C)C)sc(NC(=O)C(Cl)(Cl)Cl)c1C(=O)OC(C)C. The molecule has 0 aliphatic rings. The molecule has 0 unspecified atom stereocenters. The first-order chi connectivity index (χ1) is 11.3. The third-order valence-electron chi connectivity index (χ3n) is 2.71. The summed E-state index contributed by atoms with van der Waals surface area (Å²) in [5.41, 5.74) is 0.345. The first kappa shape index (κ1) is 22.0. The molecule has 0 spiro atoms. The van der Waals surface area contributed by atoms with E-state index in [1.54, 1.807) is 34.6 Å². The Morgan fingerprint density at radius 3 is 1.92 bits per heavy atom. The highest BCUT2D eigenvalue weighted by Gasteiger charge is 2.34. The second-order valence-corrected chi connectivity index (χ2v) is 8.92. The molecule has 0 bridgehead atoms. The van der Waals surface area contributed by atoms with Crippen LogP contribution >= 0.6 is 46.1 Å². The predicted molar refractivity (Wildman–Crippen MR) is 99.1 cm³/mol. The molecule has 1 aromatic heterocycles. The minimum absolute atomic E-state index is 0.0250. The van der Waals surface area contributed by atoms with Crippen molar-refractivity contribution >= 4 is 69.0 Å². The number of amides is 1. The minimum Gasteiger partial charge on any atom is -0.459 e. The van der Waals surface area contributed by atoms with Crippen LogP contribution in [0.4, 0.5) is 5.00 Å². The van der Waals surface area contributed by atoms with Crippen LogP contribution in [0.2, 0.25) is 0 Å². The summed E-state index contributed by atoms with van der Waals surface area (Å²) in [6.45, 7) is 8.29. The van der Waals surface area contributed by atoms with Crippen LogP contribution in [-0.4, -0.2) is 33.8 Å². The van der Waals surface area contributed by atoms with E-state index in [1.807, 2.05) is 0 Å². The Hall–Kier alpha value is -1.02. The number of anilines is 1. The zero-order chi connectivity index (χ0) is 19.5. The second kappa shape index (κ2) is 8.58. The summed E-state index contributed by atoms with van der Waals surface area (Å²) in [6, 6.07) is 0. The summed E-state index contributed by atoms with van der Waals surface area (Å²) in [5.74, 6) is -2.28. The van der Waals surface area contributed by atoms with Gasteiger partial charge in [0.05, 0.1) is 17.8 Å². The van der Waals surface area contributed by atoms with E-state index in [1.165, 1.54) is 0 Å². The van der Waals surface area contributed by atoms with E-state index >= 15 is 0 Å². The third kappa shape index (κ3) is 6.02. The van der Waals surface area contributed by atoms with E-state index in [0.717, 1.165) is 11.3 Å². The topological polar surface area (TPSA) is 81.7 Å². The summed E-state index contributed by atoms with van der Waals surface area (Å²) >= 11 is 17.5. The molecule has 0 aliphatic heterocycles. The lowest BCUT2D eigenvalue weighted by atomic mass is 10.1. The Balaban J connectivity index is 3.34. The average molecular weight is 431 g/mol. The molecule has 25 heavy (non-hydrogen) atoms. The molecule has 140 valence electrons. The van der Waals surface area contributed by atoms with Gasteiger partial charge in [-0.2, -0.15) is 0 Å². The van der Waals surface area contributed by atoms with Crippen molar-refractivity contribution in [2.75, 3.05) is 5.32 Å². The molecular weight excluding hydrogens is 413 g/mol. The number of ether oxygens (including phenoxy) is 2. The summed E-state index contributed by atoms with van der Waals surface area (Å²) in [6.07, 6.45) is -0.742. The average Bonchev–Trinajstić information content (AvgIpc) is 2.72. The van der Waals surface area contributed by atoms with Crippen molar-refractivity contribution in [3.63, 3.8) is 0 Å². The molecule has 0 saturated heterocycles. The van der Waals surface area contributed by atoms with Crippen molar-refractivity contribution in [3.8, 4) is 0 Å². The molecule has 0 aliphatic carbocycles. The van der Waals surface area contributed by atoms with E-state index < -0.39 is 27.7 Å². The first-order valence-corrected chi connectivity index (χ1v) is 9.23. The van der Waals surface area contributed by atoms with Crippen LogP contribution in [0.3, 0.4) is 0 Å². The van der Waals surface area contributed by atoms with Crippen molar-refractivity contribution in [1.82, 2.24) is 0 Å². The van der Waals surface area contributed by atoms with Gasteiger partial charge in [-0.1, -0.05) is 34.8 Å². The van der Waals surface area contributed by atoms with Gasteiger partial charge in [0.25, 0.3) is 9.70 Å². The lowest BCUT2D eigenvalue weighted by molar-refractivity contribution is -0.115. The van der Waals surface area contributed by atoms with Crippen LogP contribution in [0.15, 0.2) is 0 Å². The van der Waals surface area contributed by atoms with Crippen LogP contribution in [0.1, 0.15) is 53.3 Å². The molecule has 0 radical (unpaired) electrons. The van der Waals surface area contributed by atoms with Gasteiger partial charge in [-0.3, -0.25) is 4.79 Å². The third-order valence-corrected chi connectivity index (χ3v) is 4.41. The van der Waals surface area contributed by atoms with Crippen LogP contribution in [0, 0.1) is 6.92 Å². The number of thiophene rings is 1. The molecule has 1 rings (SSSR count). The minimum atomic E-state index is -2.23. The lowest BCUT2D eigenvalue weighted by Gasteiger charge is -2.13. The maximum atomic E-state index is 12.4. The lowest BCUT2D eigenvalue weighted by Crippen LogP contribution is -2.27. The Labute approximate surface area is 164 Å². The van der Waals surface area contributed by atoms with Crippen LogP contribution < -0.4 is 5.32 Å². The van der Waals surface area contributed by atoms with E-state index in [-0.39, 0.29) is 21.5 Å². The van der Waals surface area contributed by atoms with Gasteiger partial charge < -0.3 is 14.8 Å². The van der Waals surface area contributed by atoms with Crippen molar-refractivity contribution in [1.29, 1.82) is 0 Å². The second-order valence-electron chi connectivity index (χ2n) is 5.62. The van der Waals surface area contributed by atoms with Crippen molar-refractivity contribution in [3.05, 3.63) is 16.0 Å². The smallest absolute Gasteiger partial charge is 0.348 e. The fourth-order valence-electron chi connectivity index (χ4n) is 1.76. The quantitative estimate of drug-likeness (QED) is 0.549. The monoisotopic (exact) mass is 429 g/mol. The van der Waals surface area contributed by atoms with Gasteiger partial charge in [0.15, 0.2) is 0 Å². The number of hydrogen-bond acceptors (Lipinski definition) is 6. The van der Waals surface area contributed by atoms with E-state index in [0.29, 0.717) is 5.56 Å². The Morgan fingerprint density at radius 1 is 1.00 bits per heavy atom. The highest BCUT2D eigenvalue weighted by molar-refractivity contribution is 7.18. The number of carbonyl (C=O) groups excluding carboxylic acids is 3. The molecule has 1 aromatic rings. The van der Waals surface area contributed by atoms with Gasteiger partial charge in [-0.05, 0) is 40.2 Å². The van der Waals surface area contributed by atoms with Gasteiger partial charge in [-0.15, -0.1) is 11.3 Å². The zero-order valence-corrected chi connectivity index (χ0v) is 17.3. The first-order valence-electron chi connectivity index (χ1n) is 7.28. The Bertz CT molecular complexity index is 679. The molecule has 0 atom stereocenters. The summed E-state index contributed by atoms with van der Waals surface area (Å²) in [7, 11) is 0. The molecular formula is C15H18Cl3NO5S. The number of halogens is 3. The summed E-state index contributed by atoms with van der Waals surface area (Å²) < 4.78 is 8.08. The number of esters is 2. The molecule has 0 aromatic carbocycles. The van der Waals surface area contributed by atoms with Gasteiger partial charge in [0.2, 0.25) is 0 Å². The van der Waals surface area contributed by atoms with Gasteiger partial charge in [0, 0.05) is 0 Å². The molecule has 6 nitrogen and oxygen atoms in total. The number of hydrogen-bond donors (Lipinski definition) is 1. The highest BCUT2D eigenvalue weighted by atomic mass is 35.6. The maximum absolute atomic E-state index is 12.4. The number of alkyl halides is 3. The van der Waals surface area contributed by atoms with Crippen molar-refractivity contribution < 1.29 is 23.9 Å². The fraction of sp³-hybridized carbons (Fsp3) is 0.533. The molecule has 0 saturated carbocycles. The Kier molecular flexibility index (Phi) is 7.55. The van der Waals surface area contributed by atoms with Crippen LogP contribution in [0.25, 0.3) is 0 Å². The van der Waals surface area contributed by atoms with E-state index in [4.69, 9.17) is 44.3 Å². The Morgan fingerprint density at radius 2 is 1.48 bits per heavy atom.